The molecule has 0 atom stereocenters. The SMILES string of the molecule is Cc1cnc2c(c1NC(=O)CCl)CCCC2.Cl. The maximum atomic E-state index is 11.4. The number of fused-ring (bicyclic) bond motifs is 1. The monoisotopic (exact) mass is 274 g/mol. The van der Waals surface area contributed by atoms with Crippen LogP contribution in [0.2, 0.25) is 0 Å². The Labute approximate surface area is 112 Å². The van der Waals surface area contributed by atoms with Gasteiger partial charge in [0.05, 0.1) is 5.69 Å². The molecule has 0 spiro atoms. The molecule has 1 aliphatic rings. The van der Waals surface area contributed by atoms with Gasteiger partial charge >= 0.3 is 0 Å². The average molecular weight is 275 g/mol. The number of anilines is 1. The molecule has 1 N–H and O–H groups in total. The fraction of sp³-hybridized carbons (Fsp3) is 0.500. The van der Waals surface area contributed by atoms with Gasteiger partial charge in [-0.15, -0.1) is 24.0 Å². The molecule has 0 radical (unpaired) electrons. The highest BCUT2D eigenvalue weighted by Gasteiger charge is 2.17. The van der Waals surface area contributed by atoms with E-state index in [2.05, 4.69) is 10.3 Å². The molecule has 17 heavy (non-hydrogen) atoms. The number of nitrogens with one attached hydrogen (secondary N) is 1. The summed E-state index contributed by atoms with van der Waals surface area (Å²) in [6, 6.07) is 0. The lowest BCUT2D eigenvalue weighted by atomic mass is 9.93. The normalized spacial score (nSPS) is 13.5. The number of rotatable bonds is 2. The molecule has 0 bridgehead atoms. The van der Waals surface area contributed by atoms with E-state index in [-0.39, 0.29) is 24.2 Å². The summed E-state index contributed by atoms with van der Waals surface area (Å²) in [6.45, 7) is 1.96. The van der Waals surface area contributed by atoms with Crippen molar-refractivity contribution in [3.05, 3.63) is 23.0 Å². The van der Waals surface area contributed by atoms with Crippen molar-refractivity contribution in [3.63, 3.8) is 0 Å². The number of aryl methyl sites for hydroxylation is 2. The number of aromatic nitrogens is 1. The first-order chi connectivity index (χ1) is 7.72. The molecule has 0 aliphatic heterocycles. The fourth-order valence-corrected chi connectivity index (χ4v) is 2.19. The predicted molar refractivity (Wildman–Crippen MR) is 72.2 cm³/mol. The fourth-order valence-electron chi connectivity index (χ4n) is 2.13. The third-order valence-corrected chi connectivity index (χ3v) is 3.18. The Morgan fingerprint density at radius 1 is 1.47 bits per heavy atom. The Morgan fingerprint density at radius 2 is 2.18 bits per heavy atom. The van der Waals surface area contributed by atoms with E-state index >= 15 is 0 Å². The van der Waals surface area contributed by atoms with Crippen molar-refractivity contribution in [2.45, 2.75) is 32.6 Å². The number of halogens is 2. The van der Waals surface area contributed by atoms with Gasteiger partial charge in [0.2, 0.25) is 5.91 Å². The van der Waals surface area contributed by atoms with E-state index < -0.39 is 0 Å². The van der Waals surface area contributed by atoms with Gasteiger partial charge in [-0.05, 0) is 43.7 Å². The highest BCUT2D eigenvalue weighted by Crippen LogP contribution is 2.28. The van der Waals surface area contributed by atoms with Crippen LogP contribution in [0.25, 0.3) is 0 Å². The molecular formula is C12H16Cl2N2O. The molecule has 94 valence electrons. The summed E-state index contributed by atoms with van der Waals surface area (Å²) < 4.78 is 0. The second-order valence-corrected chi connectivity index (χ2v) is 4.40. The third kappa shape index (κ3) is 3.11. The molecule has 0 saturated carbocycles. The lowest BCUT2D eigenvalue weighted by Gasteiger charge is -2.20. The van der Waals surface area contributed by atoms with E-state index in [0.29, 0.717) is 0 Å². The average Bonchev–Trinajstić information content (AvgIpc) is 2.32. The van der Waals surface area contributed by atoms with Gasteiger partial charge in [-0.3, -0.25) is 9.78 Å². The Hall–Kier alpha value is -0.800. The minimum Gasteiger partial charge on any atom is -0.324 e. The molecule has 1 amide bonds. The van der Waals surface area contributed by atoms with Crippen molar-refractivity contribution in [1.29, 1.82) is 0 Å². The zero-order chi connectivity index (χ0) is 11.5. The molecule has 1 aromatic heterocycles. The van der Waals surface area contributed by atoms with Gasteiger partial charge in [-0.25, -0.2) is 0 Å². The highest BCUT2D eigenvalue weighted by molar-refractivity contribution is 6.29. The van der Waals surface area contributed by atoms with E-state index in [1.54, 1.807) is 0 Å². The summed E-state index contributed by atoms with van der Waals surface area (Å²) in [6.07, 6.45) is 6.20. The van der Waals surface area contributed by atoms with E-state index in [4.69, 9.17) is 11.6 Å². The molecule has 0 fully saturated rings. The highest BCUT2D eigenvalue weighted by atomic mass is 35.5. The number of hydrogen-bond donors (Lipinski definition) is 1. The summed E-state index contributed by atoms with van der Waals surface area (Å²) in [5.74, 6) is -0.153. The zero-order valence-corrected chi connectivity index (χ0v) is 11.3. The van der Waals surface area contributed by atoms with Gasteiger partial charge in [-0.2, -0.15) is 0 Å². The van der Waals surface area contributed by atoms with Gasteiger partial charge in [0.15, 0.2) is 0 Å². The number of hydrogen-bond acceptors (Lipinski definition) is 2. The number of amides is 1. The Bertz CT molecular complexity index is 421. The van der Waals surface area contributed by atoms with Crippen molar-refractivity contribution >= 4 is 35.6 Å². The molecule has 1 aliphatic carbocycles. The third-order valence-electron chi connectivity index (χ3n) is 2.93. The number of nitrogens with zero attached hydrogens (tertiary/aromatic N) is 1. The van der Waals surface area contributed by atoms with Gasteiger partial charge in [0, 0.05) is 11.9 Å². The largest absolute Gasteiger partial charge is 0.324 e. The second kappa shape index (κ2) is 6.22. The first kappa shape index (κ1) is 14.3. The predicted octanol–water partition coefficient (Wildman–Crippen LogP) is 2.87. The topological polar surface area (TPSA) is 42.0 Å². The summed E-state index contributed by atoms with van der Waals surface area (Å²) in [4.78, 5) is 15.8. The van der Waals surface area contributed by atoms with E-state index in [0.717, 1.165) is 29.8 Å². The van der Waals surface area contributed by atoms with E-state index in [1.165, 1.54) is 18.4 Å². The summed E-state index contributed by atoms with van der Waals surface area (Å²) in [7, 11) is 0. The first-order valence-electron chi connectivity index (χ1n) is 5.55. The number of pyridine rings is 1. The van der Waals surface area contributed by atoms with Crippen LogP contribution in [0.3, 0.4) is 0 Å². The van der Waals surface area contributed by atoms with Gasteiger partial charge in [0.1, 0.15) is 5.88 Å². The molecule has 5 heteroatoms. The lowest BCUT2D eigenvalue weighted by molar-refractivity contribution is -0.113. The minimum absolute atomic E-state index is 0. The number of carbonyl (C=O) groups is 1. The molecule has 1 heterocycles. The molecular weight excluding hydrogens is 259 g/mol. The van der Waals surface area contributed by atoms with Crippen LogP contribution in [0.15, 0.2) is 6.20 Å². The van der Waals surface area contributed by atoms with Crippen LogP contribution < -0.4 is 5.32 Å². The molecule has 0 aromatic carbocycles. The maximum Gasteiger partial charge on any atom is 0.239 e. The molecule has 3 nitrogen and oxygen atoms in total. The zero-order valence-electron chi connectivity index (χ0n) is 9.75. The van der Waals surface area contributed by atoms with Crippen LogP contribution in [-0.4, -0.2) is 16.8 Å². The maximum absolute atomic E-state index is 11.4. The number of carbonyl (C=O) groups excluding carboxylic acids is 1. The van der Waals surface area contributed by atoms with Crippen LogP contribution in [-0.2, 0) is 17.6 Å². The smallest absolute Gasteiger partial charge is 0.239 e. The Balaban J connectivity index is 0.00000144. The van der Waals surface area contributed by atoms with Crippen LogP contribution in [0.1, 0.15) is 29.7 Å². The van der Waals surface area contributed by atoms with Gasteiger partial charge in [0.25, 0.3) is 0 Å². The standard InChI is InChI=1S/C12H15ClN2O.ClH/c1-8-7-14-10-5-3-2-4-9(10)12(8)15-11(16)6-13;/h7H,2-6H2,1H3,(H,14,15,16);1H. The van der Waals surface area contributed by atoms with Crippen molar-refractivity contribution in [3.8, 4) is 0 Å². The summed E-state index contributed by atoms with van der Waals surface area (Å²) >= 11 is 5.51. The Morgan fingerprint density at radius 3 is 2.88 bits per heavy atom. The quantitative estimate of drug-likeness (QED) is 0.843. The lowest BCUT2D eigenvalue weighted by Crippen LogP contribution is -2.18. The van der Waals surface area contributed by atoms with Crippen LogP contribution in [0.4, 0.5) is 5.69 Å². The van der Waals surface area contributed by atoms with Crippen LogP contribution in [0, 0.1) is 6.92 Å². The van der Waals surface area contributed by atoms with E-state index in [1.807, 2.05) is 13.1 Å². The number of alkyl halides is 1. The molecule has 0 unspecified atom stereocenters. The minimum atomic E-state index is -0.149. The van der Waals surface area contributed by atoms with Crippen molar-refractivity contribution < 1.29 is 4.79 Å². The first-order valence-corrected chi connectivity index (χ1v) is 6.09. The van der Waals surface area contributed by atoms with Crippen LogP contribution >= 0.6 is 24.0 Å². The van der Waals surface area contributed by atoms with Crippen LogP contribution in [0.5, 0.6) is 0 Å². The van der Waals surface area contributed by atoms with Crippen molar-refractivity contribution in [1.82, 2.24) is 4.98 Å². The summed E-state index contributed by atoms with van der Waals surface area (Å²) in [5.41, 5.74) is 4.26. The van der Waals surface area contributed by atoms with Crippen molar-refractivity contribution in [2.24, 2.45) is 0 Å². The van der Waals surface area contributed by atoms with Gasteiger partial charge in [-0.1, -0.05) is 0 Å². The Kier molecular flexibility index (Phi) is 5.22. The molecule has 2 rings (SSSR count). The van der Waals surface area contributed by atoms with Crippen molar-refractivity contribution in [2.75, 3.05) is 11.2 Å². The van der Waals surface area contributed by atoms with Gasteiger partial charge < -0.3 is 5.32 Å². The van der Waals surface area contributed by atoms with E-state index in [9.17, 15) is 4.79 Å². The molecule has 0 saturated heterocycles. The second-order valence-electron chi connectivity index (χ2n) is 4.13. The molecule has 1 aromatic rings. The summed E-state index contributed by atoms with van der Waals surface area (Å²) in [5, 5.41) is 2.88.